The second-order valence-electron chi connectivity index (χ2n) is 7.04. The Hall–Kier alpha value is -2.15. The molecule has 1 unspecified atom stereocenters. The Kier molecular flexibility index (Phi) is 4.10. The van der Waals surface area contributed by atoms with Crippen molar-refractivity contribution in [1.82, 2.24) is 19.7 Å². The van der Waals surface area contributed by atoms with Crippen LogP contribution in [-0.2, 0) is 6.54 Å². The average Bonchev–Trinajstić information content (AvgIpc) is 3.17. The molecule has 1 saturated heterocycles. The highest BCUT2D eigenvalue weighted by Gasteiger charge is 2.43. The molecule has 1 aliphatic heterocycles. The highest BCUT2D eigenvalue weighted by molar-refractivity contribution is 5.43. The molecule has 1 aliphatic carbocycles. The third-order valence-electron chi connectivity index (χ3n) is 5.00. The molecule has 2 fully saturated rings. The number of anilines is 2. The molecule has 2 aromatic rings. The smallest absolute Gasteiger partial charge is 0.224 e. The summed E-state index contributed by atoms with van der Waals surface area (Å²) < 4.78 is 2.00. The zero-order valence-corrected chi connectivity index (χ0v) is 13.8. The zero-order chi connectivity index (χ0) is 16.4. The van der Waals surface area contributed by atoms with E-state index in [9.17, 15) is 5.11 Å². The molecule has 24 heavy (non-hydrogen) atoms. The summed E-state index contributed by atoms with van der Waals surface area (Å²) >= 11 is 0. The predicted octanol–water partition coefficient (Wildman–Crippen LogP) is 1.53. The molecule has 128 valence electrons. The molecule has 4 rings (SSSR count). The van der Waals surface area contributed by atoms with Crippen molar-refractivity contribution in [2.75, 3.05) is 29.9 Å². The standard InChI is InChI=1S/C17H24N6O/c24-14-3-1-9-22(11-14)15-4-8-18-16(21-15)19-12-17(5-6-17)13-23-10-2-7-20-23/h2,4,7-8,10,14,24H,1,3,5-6,9,11-13H2,(H,18,19,21). The first-order valence-electron chi connectivity index (χ1n) is 8.70. The largest absolute Gasteiger partial charge is 0.391 e. The van der Waals surface area contributed by atoms with Crippen molar-refractivity contribution in [3.63, 3.8) is 0 Å². The summed E-state index contributed by atoms with van der Waals surface area (Å²) in [6, 6.07) is 3.88. The van der Waals surface area contributed by atoms with E-state index in [1.807, 2.05) is 29.2 Å². The molecule has 0 bridgehead atoms. The summed E-state index contributed by atoms with van der Waals surface area (Å²) in [5.41, 5.74) is 0.271. The monoisotopic (exact) mass is 328 g/mol. The molecule has 0 radical (unpaired) electrons. The van der Waals surface area contributed by atoms with Gasteiger partial charge in [0.15, 0.2) is 0 Å². The predicted molar refractivity (Wildman–Crippen MR) is 91.9 cm³/mol. The minimum Gasteiger partial charge on any atom is -0.391 e. The molecular weight excluding hydrogens is 304 g/mol. The van der Waals surface area contributed by atoms with E-state index in [-0.39, 0.29) is 11.5 Å². The molecule has 2 N–H and O–H groups in total. The molecule has 0 aromatic carbocycles. The van der Waals surface area contributed by atoms with Crippen LogP contribution in [0.25, 0.3) is 0 Å². The lowest BCUT2D eigenvalue weighted by Crippen LogP contribution is -2.38. The van der Waals surface area contributed by atoms with Crippen LogP contribution in [-0.4, -0.2) is 50.6 Å². The lowest BCUT2D eigenvalue weighted by atomic mass is 10.1. The first kappa shape index (κ1) is 15.4. The Balaban J connectivity index is 1.37. The highest BCUT2D eigenvalue weighted by Crippen LogP contribution is 2.46. The molecule has 0 spiro atoms. The van der Waals surface area contributed by atoms with Gasteiger partial charge in [0.05, 0.1) is 6.10 Å². The van der Waals surface area contributed by atoms with E-state index < -0.39 is 0 Å². The van der Waals surface area contributed by atoms with Crippen molar-refractivity contribution in [3.8, 4) is 0 Å². The van der Waals surface area contributed by atoms with Crippen LogP contribution in [0.5, 0.6) is 0 Å². The molecule has 7 nitrogen and oxygen atoms in total. The van der Waals surface area contributed by atoms with Crippen molar-refractivity contribution in [3.05, 3.63) is 30.7 Å². The Labute approximate surface area is 141 Å². The van der Waals surface area contributed by atoms with Gasteiger partial charge in [-0.3, -0.25) is 4.68 Å². The van der Waals surface area contributed by atoms with Crippen LogP contribution in [0.1, 0.15) is 25.7 Å². The Morgan fingerprint density at radius 1 is 1.33 bits per heavy atom. The molecule has 1 saturated carbocycles. The fraction of sp³-hybridized carbons (Fsp3) is 0.588. The number of piperidine rings is 1. The third-order valence-corrected chi connectivity index (χ3v) is 5.00. The number of aliphatic hydroxyl groups excluding tert-OH is 1. The maximum atomic E-state index is 9.84. The maximum Gasteiger partial charge on any atom is 0.224 e. The number of nitrogens with one attached hydrogen (secondary N) is 1. The first-order valence-corrected chi connectivity index (χ1v) is 8.70. The van der Waals surface area contributed by atoms with Gasteiger partial charge in [-0.2, -0.15) is 10.1 Å². The Morgan fingerprint density at radius 3 is 3.00 bits per heavy atom. The van der Waals surface area contributed by atoms with E-state index in [4.69, 9.17) is 0 Å². The fourth-order valence-corrected chi connectivity index (χ4v) is 3.35. The molecule has 3 heterocycles. The number of aromatic nitrogens is 4. The van der Waals surface area contributed by atoms with E-state index in [0.29, 0.717) is 12.5 Å². The minimum absolute atomic E-state index is 0.256. The summed E-state index contributed by atoms with van der Waals surface area (Å²) in [4.78, 5) is 11.1. The second kappa shape index (κ2) is 6.39. The lowest BCUT2D eigenvalue weighted by Gasteiger charge is -2.31. The van der Waals surface area contributed by atoms with Crippen LogP contribution in [0.4, 0.5) is 11.8 Å². The Bertz CT molecular complexity index is 669. The summed E-state index contributed by atoms with van der Waals surface area (Å²) in [6.07, 6.45) is 9.66. The van der Waals surface area contributed by atoms with Gasteiger partial charge in [0.1, 0.15) is 5.82 Å². The molecule has 1 atom stereocenters. The first-order chi connectivity index (χ1) is 11.7. The quantitative estimate of drug-likeness (QED) is 0.837. The van der Waals surface area contributed by atoms with E-state index >= 15 is 0 Å². The number of aliphatic hydroxyl groups is 1. The van der Waals surface area contributed by atoms with Gasteiger partial charge >= 0.3 is 0 Å². The average molecular weight is 328 g/mol. The van der Waals surface area contributed by atoms with Gasteiger partial charge in [0.25, 0.3) is 0 Å². The SMILES string of the molecule is OC1CCCN(c2ccnc(NCC3(Cn4cccn4)CC3)n2)C1. The van der Waals surface area contributed by atoms with Crippen LogP contribution in [0.2, 0.25) is 0 Å². The molecule has 7 heteroatoms. The molecule has 0 amide bonds. The van der Waals surface area contributed by atoms with Crippen molar-refractivity contribution in [2.24, 2.45) is 5.41 Å². The van der Waals surface area contributed by atoms with Crippen LogP contribution < -0.4 is 10.2 Å². The lowest BCUT2D eigenvalue weighted by molar-refractivity contribution is 0.154. The fourth-order valence-electron chi connectivity index (χ4n) is 3.35. The maximum absolute atomic E-state index is 9.84. The zero-order valence-electron chi connectivity index (χ0n) is 13.8. The van der Waals surface area contributed by atoms with E-state index in [1.165, 1.54) is 12.8 Å². The second-order valence-corrected chi connectivity index (χ2v) is 7.04. The van der Waals surface area contributed by atoms with Crippen LogP contribution >= 0.6 is 0 Å². The van der Waals surface area contributed by atoms with Gasteiger partial charge in [-0.05, 0) is 37.8 Å². The van der Waals surface area contributed by atoms with Crippen molar-refractivity contribution >= 4 is 11.8 Å². The highest BCUT2D eigenvalue weighted by atomic mass is 16.3. The van der Waals surface area contributed by atoms with Crippen molar-refractivity contribution in [1.29, 1.82) is 0 Å². The van der Waals surface area contributed by atoms with E-state index in [0.717, 1.165) is 38.3 Å². The normalized spacial score (nSPS) is 22.4. The van der Waals surface area contributed by atoms with Gasteiger partial charge in [0.2, 0.25) is 5.95 Å². The van der Waals surface area contributed by atoms with Crippen LogP contribution in [0, 0.1) is 5.41 Å². The number of hydrogen-bond donors (Lipinski definition) is 2. The summed E-state index contributed by atoms with van der Waals surface area (Å²) in [7, 11) is 0. The Morgan fingerprint density at radius 2 is 2.25 bits per heavy atom. The van der Waals surface area contributed by atoms with Gasteiger partial charge in [-0.15, -0.1) is 0 Å². The summed E-state index contributed by atoms with van der Waals surface area (Å²) in [6.45, 7) is 3.39. The third kappa shape index (κ3) is 3.51. The minimum atomic E-state index is -0.256. The summed E-state index contributed by atoms with van der Waals surface area (Å²) in [5.74, 6) is 1.56. The van der Waals surface area contributed by atoms with Gasteiger partial charge in [-0.25, -0.2) is 4.98 Å². The summed E-state index contributed by atoms with van der Waals surface area (Å²) in [5, 5.41) is 17.5. The van der Waals surface area contributed by atoms with Crippen molar-refractivity contribution in [2.45, 2.75) is 38.3 Å². The van der Waals surface area contributed by atoms with E-state index in [2.05, 4.69) is 25.3 Å². The van der Waals surface area contributed by atoms with Gasteiger partial charge in [0, 0.05) is 50.2 Å². The number of nitrogens with zero attached hydrogens (tertiary/aromatic N) is 5. The van der Waals surface area contributed by atoms with Crippen LogP contribution in [0.3, 0.4) is 0 Å². The van der Waals surface area contributed by atoms with Crippen molar-refractivity contribution < 1.29 is 5.11 Å². The molecule has 2 aromatic heterocycles. The molecule has 2 aliphatic rings. The van der Waals surface area contributed by atoms with Gasteiger partial charge in [-0.1, -0.05) is 0 Å². The van der Waals surface area contributed by atoms with E-state index in [1.54, 1.807) is 6.20 Å². The number of β-amino-alcohol motifs (C(OH)–C–C–N with tert-alkyl or cyclic N) is 1. The van der Waals surface area contributed by atoms with Gasteiger partial charge < -0.3 is 15.3 Å². The topological polar surface area (TPSA) is 79.1 Å². The number of rotatable bonds is 6. The number of hydrogen-bond acceptors (Lipinski definition) is 6. The molecular formula is C17H24N6O. The van der Waals surface area contributed by atoms with Crippen LogP contribution in [0.15, 0.2) is 30.7 Å².